The van der Waals surface area contributed by atoms with E-state index in [1.807, 2.05) is 37.3 Å². The summed E-state index contributed by atoms with van der Waals surface area (Å²) in [5.41, 5.74) is 4.49. The predicted molar refractivity (Wildman–Crippen MR) is 111 cm³/mol. The van der Waals surface area contributed by atoms with Crippen molar-refractivity contribution in [1.29, 1.82) is 0 Å². The number of amides is 1. The summed E-state index contributed by atoms with van der Waals surface area (Å²) in [6.07, 6.45) is 2.62. The summed E-state index contributed by atoms with van der Waals surface area (Å²) in [5, 5.41) is 3.95. The zero-order chi connectivity index (χ0) is 20.4. The predicted octanol–water partition coefficient (Wildman–Crippen LogP) is 4.14. The lowest BCUT2D eigenvalue weighted by molar-refractivity contribution is -0.123. The molecule has 6 nitrogen and oxygen atoms in total. The van der Waals surface area contributed by atoms with Crippen molar-refractivity contribution in [2.45, 2.75) is 33.1 Å². The number of benzene rings is 2. The summed E-state index contributed by atoms with van der Waals surface area (Å²) in [6, 6.07) is 13.2. The highest BCUT2D eigenvalue weighted by atomic mass is 16.5. The van der Waals surface area contributed by atoms with Crippen LogP contribution < -0.4 is 19.6 Å². The zero-order valence-electron chi connectivity index (χ0n) is 16.9. The summed E-state index contributed by atoms with van der Waals surface area (Å²) in [6.45, 7) is 6.70. The molecule has 0 aromatic heterocycles. The largest absolute Gasteiger partial charge is 0.493 e. The third-order valence-electron chi connectivity index (χ3n) is 4.32. The van der Waals surface area contributed by atoms with Crippen molar-refractivity contribution in [2.24, 2.45) is 5.10 Å². The van der Waals surface area contributed by atoms with E-state index in [4.69, 9.17) is 14.2 Å². The van der Waals surface area contributed by atoms with Gasteiger partial charge < -0.3 is 14.2 Å². The maximum absolute atomic E-state index is 11.9. The van der Waals surface area contributed by atoms with Crippen LogP contribution in [0.15, 0.2) is 47.6 Å². The first-order chi connectivity index (χ1) is 13.6. The Kier molecular flexibility index (Phi) is 8.34. The Labute approximate surface area is 166 Å². The summed E-state index contributed by atoms with van der Waals surface area (Å²) < 4.78 is 16.3. The quantitative estimate of drug-likeness (QED) is 0.494. The highest BCUT2D eigenvalue weighted by Gasteiger charge is 2.06. The van der Waals surface area contributed by atoms with Crippen LogP contribution in [0.1, 0.15) is 44.2 Å². The third-order valence-corrected chi connectivity index (χ3v) is 4.32. The number of ether oxygens (including phenoxy) is 3. The Hall–Kier alpha value is -3.02. The van der Waals surface area contributed by atoms with Crippen LogP contribution in [0.25, 0.3) is 0 Å². The van der Waals surface area contributed by atoms with Crippen LogP contribution in [0.5, 0.6) is 17.2 Å². The molecule has 150 valence electrons. The van der Waals surface area contributed by atoms with Gasteiger partial charge in [-0.05, 0) is 60.7 Å². The molecule has 2 aromatic rings. The number of hydrogen-bond donors (Lipinski definition) is 1. The first kappa shape index (κ1) is 21.3. The number of hydrazone groups is 1. The average Bonchev–Trinajstić information content (AvgIpc) is 2.73. The molecule has 0 saturated carbocycles. The fourth-order valence-corrected chi connectivity index (χ4v) is 2.53. The average molecular weight is 384 g/mol. The Balaban J connectivity index is 1.83. The second-order valence-corrected chi connectivity index (χ2v) is 6.30. The number of carbonyl (C=O) groups excluding carboxylic acids is 1. The minimum Gasteiger partial charge on any atom is -0.493 e. The van der Waals surface area contributed by atoms with Gasteiger partial charge in [0.2, 0.25) is 0 Å². The van der Waals surface area contributed by atoms with E-state index < -0.39 is 0 Å². The molecule has 2 rings (SSSR count). The molecular weight excluding hydrogens is 356 g/mol. The Morgan fingerprint density at radius 3 is 2.50 bits per heavy atom. The van der Waals surface area contributed by atoms with E-state index in [-0.39, 0.29) is 12.5 Å². The van der Waals surface area contributed by atoms with Crippen molar-refractivity contribution in [2.75, 3.05) is 20.3 Å². The van der Waals surface area contributed by atoms with Gasteiger partial charge in [-0.15, -0.1) is 0 Å². The summed E-state index contributed by atoms with van der Waals surface area (Å²) >= 11 is 0. The van der Waals surface area contributed by atoms with Gasteiger partial charge in [0.05, 0.1) is 19.9 Å². The number of nitrogens with zero attached hydrogens (tertiary/aromatic N) is 1. The molecule has 1 unspecified atom stereocenters. The van der Waals surface area contributed by atoms with Crippen molar-refractivity contribution in [1.82, 2.24) is 5.43 Å². The third kappa shape index (κ3) is 6.30. The second kappa shape index (κ2) is 11.0. The first-order valence-electron chi connectivity index (χ1n) is 9.42. The molecule has 0 aliphatic heterocycles. The van der Waals surface area contributed by atoms with Crippen LogP contribution in [0, 0.1) is 0 Å². The first-order valence-corrected chi connectivity index (χ1v) is 9.42. The molecule has 6 heteroatoms. The normalized spacial score (nSPS) is 11.9. The Morgan fingerprint density at radius 1 is 1.11 bits per heavy atom. The van der Waals surface area contributed by atoms with E-state index in [0.29, 0.717) is 29.8 Å². The smallest absolute Gasteiger partial charge is 0.277 e. The van der Waals surface area contributed by atoms with Crippen LogP contribution in [0.2, 0.25) is 0 Å². The number of carbonyl (C=O) groups is 1. The van der Waals surface area contributed by atoms with Gasteiger partial charge >= 0.3 is 0 Å². The van der Waals surface area contributed by atoms with Gasteiger partial charge in [-0.25, -0.2) is 5.43 Å². The van der Waals surface area contributed by atoms with Crippen molar-refractivity contribution in [3.8, 4) is 17.2 Å². The molecule has 0 saturated heterocycles. The van der Waals surface area contributed by atoms with Gasteiger partial charge in [0.1, 0.15) is 5.75 Å². The van der Waals surface area contributed by atoms with E-state index in [9.17, 15) is 4.79 Å². The monoisotopic (exact) mass is 384 g/mol. The molecule has 0 heterocycles. The van der Waals surface area contributed by atoms with Crippen LogP contribution in [0.4, 0.5) is 0 Å². The van der Waals surface area contributed by atoms with Crippen molar-refractivity contribution in [3.05, 3.63) is 53.6 Å². The van der Waals surface area contributed by atoms with Crippen LogP contribution in [0.3, 0.4) is 0 Å². The van der Waals surface area contributed by atoms with Gasteiger partial charge in [0.25, 0.3) is 5.91 Å². The minimum absolute atomic E-state index is 0.105. The van der Waals surface area contributed by atoms with E-state index in [1.165, 1.54) is 11.8 Å². The van der Waals surface area contributed by atoms with Gasteiger partial charge in [-0.2, -0.15) is 5.10 Å². The molecule has 0 fully saturated rings. The molecule has 0 bridgehead atoms. The van der Waals surface area contributed by atoms with Gasteiger partial charge in [0, 0.05) is 0 Å². The SMILES string of the molecule is CCOc1ccc(C=NNC(=O)COc2ccc(C(C)CC)cc2)cc1OC. The lowest BCUT2D eigenvalue weighted by Gasteiger charge is -2.10. The lowest BCUT2D eigenvalue weighted by atomic mass is 9.99. The number of rotatable bonds is 10. The maximum Gasteiger partial charge on any atom is 0.277 e. The fraction of sp³-hybridized carbons (Fsp3) is 0.364. The van der Waals surface area contributed by atoms with Gasteiger partial charge in [-0.1, -0.05) is 26.0 Å². The van der Waals surface area contributed by atoms with Crippen molar-refractivity contribution >= 4 is 12.1 Å². The highest BCUT2D eigenvalue weighted by molar-refractivity contribution is 5.83. The lowest BCUT2D eigenvalue weighted by Crippen LogP contribution is -2.24. The molecule has 0 spiro atoms. The summed E-state index contributed by atoms with van der Waals surface area (Å²) in [7, 11) is 1.58. The van der Waals surface area contributed by atoms with Crippen LogP contribution in [-0.2, 0) is 4.79 Å². The number of hydrogen-bond acceptors (Lipinski definition) is 5. The van der Waals surface area contributed by atoms with Crippen LogP contribution in [-0.4, -0.2) is 32.4 Å². The molecule has 1 amide bonds. The van der Waals surface area contributed by atoms with Crippen LogP contribution >= 0.6 is 0 Å². The Bertz CT molecular complexity index is 788. The summed E-state index contributed by atoms with van der Waals surface area (Å²) in [5.74, 6) is 2.11. The molecule has 2 aromatic carbocycles. The fourth-order valence-electron chi connectivity index (χ4n) is 2.53. The standard InChI is InChI=1S/C22H28N2O4/c1-5-16(3)18-8-10-19(11-9-18)28-15-22(25)24-23-14-17-7-12-20(27-6-2)21(13-17)26-4/h7-14,16H,5-6,15H2,1-4H3,(H,24,25). The molecular formula is C22H28N2O4. The number of methoxy groups -OCH3 is 1. The van der Waals surface area contributed by atoms with E-state index in [1.54, 1.807) is 19.2 Å². The maximum atomic E-state index is 11.9. The van der Waals surface area contributed by atoms with Gasteiger partial charge in [0.15, 0.2) is 18.1 Å². The molecule has 1 N–H and O–H groups in total. The van der Waals surface area contributed by atoms with Crippen molar-refractivity contribution in [3.63, 3.8) is 0 Å². The molecule has 1 atom stereocenters. The second-order valence-electron chi connectivity index (χ2n) is 6.30. The molecule has 28 heavy (non-hydrogen) atoms. The highest BCUT2D eigenvalue weighted by Crippen LogP contribution is 2.27. The topological polar surface area (TPSA) is 69.2 Å². The molecule has 0 aliphatic carbocycles. The number of nitrogens with one attached hydrogen (secondary N) is 1. The zero-order valence-corrected chi connectivity index (χ0v) is 16.9. The van der Waals surface area contributed by atoms with E-state index >= 15 is 0 Å². The van der Waals surface area contributed by atoms with Gasteiger partial charge in [-0.3, -0.25) is 4.79 Å². The van der Waals surface area contributed by atoms with Crippen molar-refractivity contribution < 1.29 is 19.0 Å². The summed E-state index contributed by atoms with van der Waals surface area (Å²) in [4.78, 5) is 11.9. The molecule has 0 aliphatic rings. The Morgan fingerprint density at radius 2 is 1.86 bits per heavy atom. The minimum atomic E-state index is -0.333. The molecule has 0 radical (unpaired) electrons. The van der Waals surface area contributed by atoms with E-state index in [2.05, 4.69) is 24.4 Å². The van der Waals surface area contributed by atoms with E-state index in [0.717, 1.165) is 12.0 Å².